The van der Waals surface area contributed by atoms with Gasteiger partial charge in [0.05, 0.1) is 5.69 Å². The van der Waals surface area contributed by atoms with Crippen LogP contribution in [0.3, 0.4) is 0 Å². The number of anilines is 1. The first-order valence-corrected chi connectivity index (χ1v) is 10.3. The zero-order chi connectivity index (χ0) is 19.2. The zero-order valence-corrected chi connectivity index (χ0v) is 16.6. The van der Waals surface area contributed by atoms with Gasteiger partial charge in [-0.1, -0.05) is 73.5 Å². The van der Waals surface area contributed by atoms with E-state index in [4.69, 9.17) is 0 Å². The molecule has 2 heteroatoms. The SMILES string of the molecule is Cc1cnc(/C=C\c2ccc(-c3ccccc3)cc2)cc1N1CCCCCC1. The second-order valence-corrected chi connectivity index (χ2v) is 7.62. The van der Waals surface area contributed by atoms with Gasteiger partial charge in [0.1, 0.15) is 0 Å². The standard InChI is InChI=1S/C26H28N2/c1-21-20-27-25(19-26(21)28-17-7-2-3-8-18-28)16-13-22-11-14-24(15-12-22)23-9-5-4-6-10-23/h4-6,9-16,19-20H,2-3,7-8,17-18H2,1H3/b16-13-. The van der Waals surface area contributed by atoms with Gasteiger partial charge in [-0.15, -0.1) is 0 Å². The maximum absolute atomic E-state index is 4.62. The summed E-state index contributed by atoms with van der Waals surface area (Å²) in [6.45, 7) is 4.49. The van der Waals surface area contributed by atoms with Crippen molar-refractivity contribution in [2.45, 2.75) is 32.6 Å². The minimum absolute atomic E-state index is 1.02. The van der Waals surface area contributed by atoms with Crippen LogP contribution in [0.4, 0.5) is 5.69 Å². The average molecular weight is 369 g/mol. The van der Waals surface area contributed by atoms with Crippen LogP contribution in [-0.4, -0.2) is 18.1 Å². The highest BCUT2D eigenvalue weighted by Crippen LogP contribution is 2.25. The first kappa shape index (κ1) is 18.5. The Hall–Kier alpha value is -2.87. The molecule has 4 rings (SSSR count). The number of benzene rings is 2. The summed E-state index contributed by atoms with van der Waals surface area (Å²) in [5, 5.41) is 0. The molecule has 2 nitrogen and oxygen atoms in total. The van der Waals surface area contributed by atoms with Gasteiger partial charge in [-0.05, 0) is 54.2 Å². The van der Waals surface area contributed by atoms with Crippen molar-refractivity contribution in [3.8, 4) is 11.1 Å². The van der Waals surface area contributed by atoms with Gasteiger partial charge in [-0.2, -0.15) is 0 Å². The molecular formula is C26H28N2. The summed E-state index contributed by atoms with van der Waals surface area (Å²) in [7, 11) is 0. The van der Waals surface area contributed by atoms with E-state index in [2.05, 4.69) is 89.6 Å². The monoisotopic (exact) mass is 368 g/mol. The molecular weight excluding hydrogens is 340 g/mol. The molecule has 1 saturated heterocycles. The molecule has 1 aromatic heterocycles. The van der Waals surface area contributed by atoms with Gasteiger partial charge >= 0.3 is 0 Å². The summed E-state index contributed by atoms with van der Waals surface area (Å²) in [5.41, 5.74) is 7.33. The first-order chi connectivity index (χ1) is 13.8. The molecule has 0 radical (unpaired) electrons. The quantitative estimate of drug-likeness (QED) is 0.515. The lowest BCUT2D eigenvalue weighted by Gasteiger charge is -2.24. The third-order valence-electron chi connectivity index (χ3n) is 5.51. The molecule has 0 aliphatic carbocycles. The molecule has 1 aliphatic heterocycles. The summed E-state index contributed by atoms with van der Waals surface area (Å²) < 4.78 is 0. The molecule has 0 spiro atoms. The molecule has 28 heavy (non-hydrogen) atoms. The molecule has 3 aromatic rings. The highest BCUT2D eigenvalue weighted by Gasteiger charge is 2.12. The predicted octanol–water partition coefficient (Wildman–Crippen LogP) is 6.61. The fourth-order valence-electron chi connectivity index (χ4n) is 3.87. The molecule has 0 amide bonds. The van der Waals surface area contributed by atoms with Crippen molar-refractivity contribution in [3.05, 3.63) is 83.7 Å². The number of rotatable bonds is 4. The summed E-state index contributed by atoms with van der Waals surface area (Å²) in [6.07, 6.45) is 11.6. The third kappa shape index (κ3) is 4.51. The van der Waals surface area contributed by atoms with E-state index in [0.717, 1.165) is 18.8 Å². The van der Waals surface area contributed by atoms with E-state index in [1.54, 1.807) is 0 Å². The Balaban J connectivity index is 1.50. The minimum atomic E-state index is 1.02. The first-order valence-electron chi connectivity index (χ1n) is 10.3. The Labute approximate surface area is 168 Å². The molecule has 2 aromatic carbocycles. The number of hydrogen-bond donors (Lipinski definition) is 0. The predicted molar refractivity (Wildman–Crippen MR) is 120 cm³/mol. The second-order valence-electron chi connectivity index (χ2n) is 7.62. The van der Waals surface area contributed by atoms with Crippen LogP contribution in [-0.2, 0) is 0 Å². The summed E-state index contributed by atoms with van der Waals surface area (Å²) >= 11 is 0. The smallest absolute Gasteiger partial charge is 0.0650 e. The van der Waals surface area contributed by atoms with E-state index >= 15 is 0 Å². The number of nitrogens with zero attached hydrogens (tertiary/aromatic N) is 2. The number of aryl methyl sites for hydroxylation is 1. The van der Waals surface area contributed by atoms with Crippen molar-refractivity contribution >= 4 is 17.8 Å². The lowest BCUT2D eigenvalue weighted by Crippen LogP contribution is -2.24. The van der Waals surface area contributed by atoms with Gasteiger partial charge in [-0.25, -0.2) is 0 Å². The average Bonchev–Trinajstić information content (AvgIpc) is 3.04. The van der Waals surface area contributed by atoms with Gasteiger partial charge < -0.3 is 4.90 Å². The van der Waals surface area contributed by atoms with E-state index in [1.165, 1.54) is 53.6 Å². The highest BCUT2D eigenvalue weighted by atomic mass is 15.1. The van der Waals surface area contributed by atoms with Crippen molar-refractivity contribution in [2.24, 2.45) is 0 Å². The summed E-state index contributed by atoms with van der Waals surface area (Å²) in [6, 6.07) is 21.4. The Kier molecular flexibility index (Phi) is 5.86. The van der Waals surface area contributed by atoms with Crippen molar-refractivity contribution < 1.29 is 0 Å². The lowest BCUT2D eigenvalue weighted by atomic mass is 10.0. The van der Waals surface area contributed by atoms with Crippen LogP contribution in [0.15, 0.2) is 66.9 Å². The zero-order valence-electron chi connectivity index (χ0n) is 16.6. The minimum Gasteiger partial charge on any atom is -0.371 e. The van der Waals surface area contributed by atoms with E-state index in [9.17, 15) is 0 Å². The molecule has 0 bridgehead atoms. The van der Waals surface area contributed by atoms with E-state index < -0.39 is 0 Å². The van der Waals surface area contributed by atoms with Gasteiger partial charge in [0.25, 0.3) is 0 Å². The van der Waals surface area contributed by atoms with Crippen LogP contribution in [0.5, 0.6) is 0 Å². The molecule has 0 atom stereocenters. The molecule has 142 valence electrons. The highest BCUT2D eigenvalue weighted by molar-refractivity contribution is 5.72. The van der Waals surface area contributed by atoms with Crippen molar-refractivity contribution in [3.63, 3.8) is 0 Å². The fourth-order valence-corrected chi connectivity index (χ4v) is 3.87. The van der Waals surface area contributed by atoms with E-state index in [0.29, 0.717) is 0 Å². The van der Waals surface area contributed by atoms with E-state index in [-0.39, 0.29) is 0 Å². The van der Waals surface area contributed by atoms with Crippen LogP contribution in [0, 0.1) is 6.92 Å². The van der Waals surface area contributed by atoms with E-state index in [1.807, 2.05) is 6.20 Å². The Morgan fingerprint density at radius 2 is 1.46 bits per heavy atom. The van der Waals surface area contributed by atoms with Crippen molar-refractivity contribution in [1.82, 2.24) is 4.98 Å². The van der Waals surface area contributed by atoms with Crippen molar-refractivity contribution in [1.29, 1.82) is 0 Å². The summed E-state index contributed by atoms with van der Waals surface area (Å²) in [4.78, 5) is 7.16. The molecule has 2 heterocycles. The van der Waals surface area contributed by atoms with Crippen LogP contribution >= 0.6 is 0 Å². The Morgan fingerprint density at radius 3 is 2.18 bits per heavy atom. The number of hydrogen-bond acceptors (Lipinski definition) is 2. The molecule has 0 saturated carbocycles. The molecule has 0 N–H and O–H groups in total. The summed E-state index contributed by atoms with van der Waals surface area (Å²) in [5.74, 6) is 0. The maximum atomic E-state index is 4.62. The second kappa shape index (κ2) is 8.88. The van der Waals surface area contributed by atoms with Crippen LogP contribution < -0.4 is 4.90 Å². The normalized spacial score (nSPS) is 15.0. The lowest BCUT2D eigenvalue weighted by molar-refractivity contribution is 0.726. The molecule has 1 aliphatic rings. The van der Waals surface area contributed by atoms with Gasteiger partial charge in [0.2, 0.25) is 0 Å². The van der Waals surface area contributed by atoms with Crippen LogP contribution in [0.1, 0.15) is 42.5 Å². The molecule has 0 unspecified atom stereocenters. The van der Waals surface area contributed by atoms with Crippen molar-refractivity contribution in [2.75, 3.05) is 18.0 Å². The Bertz CT molecular complexity index is 918. The van der Waals surface area contributed by atoms with Crippen LogP contribution in [0.25, 0.3) is 23.3 Å². The topological polar surface area (TPSA) is 16.1 Å². The number of aromatic nitrogens is 1. The third-order valence-corrected chi connectivity index (χ3v) is 5.51. The van der Waals surface area contributed by atoms with Crippen LogP contribution in [0.2, 0.25) is 0 Å². The largest absolute Gasteiger partial charge is 0.371 e. The number of pyridine rings is 1. The fraction of sp³-hybridized carbons (Fsp3) is 0.269. The van der Waals surface area contributed by atoms with Gasteiger partial charge in [-0.3, -0.25) is 4.98 Å². The Morgan fingerprint density at radius 1 is 0.786 bits per heavy atom. The maximum Gasteiger partial charge on any atom is 0.0650 e. The molecule has 1 fully saturated rings. The van der Waals surface area contributed by atoms with Gasteiger partial charge in [0.15, 0.2) is 0 Å². The van der Waals surface area contributed by atoms with Gasteiger partial charge in [0, 0.05) is 25.0 Å².